The van der Waals surface area contributed by atoms with Crippen LogP contribution in [0.3, 0.4) is 0 Å². The van der Waals surface area contributed by atoms with Crippen LogP contribution >= 0.6 is 0 Å². The molecule has 0 spiro atoms. The summed E-state index contributed by atoms with van der Waals surface area (Å²) in [7, 11) is 0. The number of carboxylic acid groups (broad SMARTS) is 1. The van der Waals surface area contributed by atoms with E-state index in [1.165, 1.54) is 12.8 Å². The number of carboxylic acids is 1. The van der Waals surface area contributed by atoms with Crippen LogP contribution in [0.5, 0.6) is 0 Å². The highest BCUT2D eigenvalue weighted by molar-refractivity contribution is 5.73. The minimum atomic E-state index is -0.939. The number of rotatable bonds is 8. The summed E-state index contributed by atoms with van der Waals surface area (Å²) in [6.45, 7) is 5.77. The maximum Gasteiger partial charge on any atom is 0.321 e. The maximum atomic E-state index is 10.6. The van der Waals surface area contributed by atoms with Crippen molar-refractivity contribution in [1.29, 1.82) is 0 Å². The van der Waals surface area contributed by atoms with E-state index in [0.717, 1.165) is 19.3 Å². The fraction of sp³-hybridized carbons (Fsp3) is 0.727. The van der Waals surface area contributed by atoms with E-state index in [4.69, 9.17) is 10.8 Å². The van der Waals surface area contributed by atoms with E-state index >= 15 is 0 Å². The van der Waals surface area contributed by atoms with Gasteiger partial charge >= 0.3 is 5.97 Å². The van der Waals surface area contributed by atoms with E-state index in [1.807, 2.05) is 0 Å². The SMILES string of the molecule is C=CC(CCCCCC)C(N)C(=O)O. The second-order valence-corrected chi connectivity index (χ2v) is 3.61. The number of aliphatic carboxylic acids is 1. The summed E-state index contributed by atoms with van der Waals surface area (Å²) < 4.78 is 0. The van der Waals surface area contributed by atoms with Crippen LogP contribution in [0.1, 0.15) is 39.0 Å². The molecular weight excluding hydrogens is 178 g/mol. The fourth-order valence-corrected chi connectivity index (χ4v) is 1.43. The standard InChI is InChI=1S/C11H21NO2/c1-3-5-6-7-8-9(4-2)10(12)11(13)14/h4,9-10H,2-3,5-8,12H2,1H3,(H,13,14). The average molecular weight is 199 g/mol. The molecule has 14 heavy (non-hydrogen) atoms. The first kappa shape index (κ1) is 13.2. The summed E-state index contributed by atoms with van der Waals surface area (Å²) in [5.74, 6) is -1.03. The second kappa shape index (κ2) is 7.56. The summed E-state index contributed by atoms with van der Waals surface area (Å²) in [6.07, 6.45) is 7.05. The Morgan fingerprint density at radius 1 is 1.50 bits per heavy atom. The lowest BCUT2D eigenvalue weighted by Crippen LogP contribution is -2.37. The molecule has 0 fully saturated rings. The normalized spacial score (nSPS) is 14.7. The second-order valence-electron chi connectivity index (χ2n) is 3.61. The van der Waals surface area contributed by atoms with Gasteiger partial charge in [0, 0.05) is 5.92 Å². The number of hydrogen-bond acceptors (Lipinski definition) is 2. The fourth-order valence-electron chi connectivity index (χ4n) is 1.43. The van der Waals surface area contributed by atoms with Gasteiger partial charge < -0.3 is 10.8 Å². The van der Waals surface area contributed by atoms with E-state index in [0.29, 0.717) is 0 Å². The molecule has 2 atom stereocenters. The van der Waals surface area contributed by atoms with Gasteiger partial charge in [-0.1, -0.05) is 38.7 Å². The van der Waals surface area contributed by atoms with Crippen molar-refractivity contribution in [2.75, 3.05) is 0 Å². The van der Waals surface area contributed by atoms with Crippen molar-refractivity contribution in [1.82, 2.24) is 0 Å². The topological polar surface area (TPSA) is 63.3 Å². The van der Waals surface area contributed by atoms with Crippen molar-refractivity contribution in [2.45, 2.75) is 45.1 Å². The molecule has 0 aliphatic rings. The van der Waals surface area contributed by atoms with Crippen molar-refractivity contribution in [2.24, 2.45) is 11.7 Å². The minimum Gasteiger partial charge on any atom is -0.480 e. The highest BCUT2D eigenvalue weighted by Crippen LogP contribution is 2.14. The Labute approximate surface area is 86.0 Å². The van der Waals surface area contributed by atoms with Gasteiger partial charge in [-0.05, 0) is 6.42 Å². The molecule has 0 aliphatic heterocycles. The third kappa shape index (κ3) is 5.02. The Morgan fingerprint density at radius 2 is 2.14 bits per heavy atom. The third-order valence-electron chi connectivity index (χ3n) is 2.44. The maximum absolute atomic E-state index is 10.6. The van der Waals surface area contributed by atoms with E-state index in [9.17, 15) is 4.79 Å². The van der Waals surface area contributed by atoms with E-state index in [1.54, 1.807) is 6.08 Å². The largest absolute Gasteiger partial charge is 0.480 e. The third-order valence-corrected chi connectivity index (χ3v) is 2.44. The summed E-state index contributed by atoms with van der Waals surface area (Å²) >= 11 is 0. The smallest absolute Gasteiger partial charge is 0.321 e. The molecule has 82 valence electrons. The predicted molar refractivity (Wildman–Crippen MR) is 58.1 cm³/mol. The molecular formula is C11H21NO2. The first-order valence-corrected chi connectivity index (χ1v) is 5.24. The number of carbonyl (C=O) groups is 1. The van der Waals surface area contributed by atoms with Gasteiger partial charge in [-0.2, -0.15) is 0 Å². The number of hydrogen-bond donors (Lipinski definition) is 2. The molecule has 0 rings (SSSR count). The molecule has 0 saturated heterocycles. The van der Waals surface area contributed by atoms with Crippen LogP contribution < -0.4 is 5.73 Å². The average Bonchev–Trinajstić information content (AvgIpc) is 2.17. The molecule has 3 nitrogen and oxygen atoms in total. The van der Waals surface area contributed by atoms with Crippen LogP contribution in [0.25, 0.3) is 0 Å². The monoisotopic (exact) mass is 199 g/mol. The number of unbranched alkanes of at least 4 members (excludes halogenated alkanes) is 3. The minimum absolute atomic E-state index is 0.0932. The Hall–Kier alpha value is -0.830. The van der Waals surface area contributed by atoms with E-state index in [-0.39, 0.29) is 5.92 Å². The van der Waals surface area contributed by atoms with Crippen molar-refractivity contribution < 1.29 is 9.90 Å². The van der Waals surface area contributed by atoms with Crippen molar-refractivity contribution in [3.63, 3.8) is 0 Å². The van der Waals surface area contributed by atoms with Gasteiger partial charge in [0.05, 0.1) is 0 Å². The molecule has 0 aromatic heterocycles. The summed E-state index contributed by atoms with van der Waals surface area (Å²) in [5.41, 5.74) is 5.52. The first-order valence-electron chi connectivity index (χ1n) is 5.24. The molecule has 0 aromatic carbocycles. The molecule has 0 bridgehead atoms. The van der Waals surface area contributed by atoms with Crippen molar-refractivity contribution in [3.8, 4) is 0 Å². The molecule has 0 saturated carbocycles. The highest BCUT2D eigenvalue weighted by atomic mass is 16.4. The molecule has 2 unspecified atom stereocenters. The first-order chi connectivity index (χ1) is 6.63. The Balaban J connectivity index is 3.79. The summed E-state index contributed by atoms with van der Waals surface area (Å²) in [5, 5.41) is 8.71. The van der Waals surface area contributed by atoms with Gasteiger partial charge in [0.2, 0.25) is 0 Å². The zero-order valence-corrected chi connectivity index (χ0v) is 8.91. The van der Waals surface area contributed by atoms with E-state index < -0.39 is 12.0 Å². The van der Waals surface area contributed by atoms with Gasteiger partial charge in [-0.3, -0.25) is 4.79 Å². The van der Waals surface area contributed by atoms with Crippen LogP contribution in [0, 0.1) is 5.92 Å². The van der Waals surface area contributed by atoms with Crippen LogP contribution in [0.2, 0.25) is 0 Å². The molecule has 0 amide bonds. The zero-order valence-electron chi connectivity index (χ0n) is 8.91. The quantitative estimate of drug-likeness (QED) is 0.465. The van der Waals surface area contributed by atoms with Gasteiger partial charge in [0.15, 0.2) is 0 Å². The summed E-state index contributed by atoms with van der Waals surface area (Å²) in [4.78, 5) is 10.6. The van der Waals surface area contributed by atoms with Gasteiger partial charge in [0.1, 0.15) is 6.04 Å². The van der Waals surface area contributed by atoms with Crippen molar-refractivity contribution >= 4 is 5.97 Å². The van der Waals surface area contributed by atoms with Gasteiger partial charge in [-0.15, -0.1) is 6.58 Å². The lowest BCUT2D eigenvalue weighted by Gasteiger charge is -2.16. The Kier molecular flexibility index (Phi) is 7.11. The lowest BCUT2D eigenvalue weighted by molar-refractivity contribution is -0.139. The highest BCUT2D eigenvalue weighted by Gasteiger charge is 2.20. The van der Waals surface area contributed by atoms with Gasteiger partial charge in [0.25, 0.3) is 0 Å². The van der Waals surface area contributed by atoms with Crippen molar-refractivity contribution in [3.05, 3.63) is 12.7 Å². The molecule has 0 radical (unpaired) electrons. The lowest BCUT2D eigenvalue weighted by atomic mass is 9.94. The molecule has 0 aromatic rings. The predicted octanol–water partition coefficient (Wildman–Crippen LogP) is 2.17. The van der Waals surface area contributed by atoms with Crippen LogP contribution in [-0.2, 0) is 4.79 Å². The number of nitrogens with two attached hydrogens (primary N) is 1. The molecule has 3 N–H and O–H groups in total. The van der Waals surface area contributed by atoms with E-state index in [2.05, 4.69) is 13.5 Å². The molecule has 3 heteroatoms. The Bertz CT molecular complexity index is 180. The molecule has 0 aliphatic carbocycles. The zero-order chi connectivity index (χ0) is 11.0. The van der Waals surface area contributed by atoms with Crippen LogP contribution in [0.15, 0.2) is 12.7 Å². The summed E-state index contributed by atoms with van der Waals surface area (Å²) in [6, 6.07) is -0.797. The van der Waals surface area contributed by atoms with Gasteiger partial charge in [-0.25, -0.2) is 0 Å². The van der Waals surface area contributed by atoms with Crippen LogP contribution in [-0.4, -0.2) is 17.1 Å². The Morgan fingerprint density at radius 3 is 2.57 bits per heavy atom. The van der Waals surface area contributed by atoms with Crippen LogP contribution in [0.4, 0.5) is 0 Å². The molecule has 0 heterocycles.